The fourth-order valence-corrected chi connectivity index (χ4v) is 2.78. The lowest BCUT2D eigenvalue weighted by Gasteiger charge is -2.01. The van der Waals surface area contributed by atoms with Crippen LogP contribution in [0.4, 0.5) is 13.9 Å². The summed E-state index contributed by atoms with van der Waals surface area (Å²) in [5.41, 5.74) is 0.361. The number of aromatic nitrogens is 2. The fourth-order valence-electron chi connectivity index (χ4n) is 1.88. The molecule has 0 spiro atoms. The molecule has 3 aromatic rings. The van der Waals surface area contributed by atoms with Gasteiger partial charge in [-0.25, -0.2) is 9.78 Å². The van der Waals surface area contributed by atoms with E-state index in [0.717, 1.165) is 23.5 Å². The van der Waals surface area contributed by atoms with Gasteiger partial charge in [0, 0.05) is 17.7 Å². The van der Waals surface area contributed by atoms with Gasteiger partial charge in [-0.1, -0.05) is 11.3 Å². The molecule has 3 rings (SSSR count). The molecule has 0 atom stereocenters. The Hall–Kier alpha value is -2.94. The Bertz CT molecular complexity index is 922. The molecular formula is C14H7F2N3O3S. The molecule has 6 nitrogen and oxygen atoms in total. The van der Waals surface area contributed by atoms with Crippen LogP contribution in [0, 0.1) is 11.9 Å². The van der Waals surface area contributed by atoms with Crippen LogP contribution < -0.4 is 5.32 Å². The van der Waals surface area contributed by atoms with Gasteiger partial charge < -0.3 is 5.11 Å². The Morgan fingerprint density at radius 2 is 1.74 bits per heavy atom. The smallest absolute Gasteiger partial charge is 0.335 e. The van der Waals surface area contributed by atoms with Gasteiger partial charge in [0.05, 0.1) is 15.8 Å². The molecule has 0 radical (unpaired) electrons. The number of hydrogen-bond donors (Lipinski definition) is 2. The number of carboxylic acid groups (broad SMARTS) is 1. The van der Waals surface area contributed by atoms with E-state index < -0.39 is 23.8 Å². The Kier molecular flexibility index (Phi) is 3.70. The van der Waals surface area contributed by atoms with E-state index in [9.17, 15) is 18.4 Å². The number of carboxylic acids is 1. The minimum atomic E-state index is -1.11. The molecule has 0 unspecified atom stereocenters. The van der Waals surface area contributed by atoms with E-state index in [1.54, 1.807) is 0 Å². The van der Waals surface area contributed by atoms with E-state index in [1.807, 2.05) is 0 Å². The van der Waals surface area contributed by atoms with Crippen molar-refractivity contribution in [2.75, 3.05) is 5.32 Å². The van der Waals surface area contributed by atoms with Crippen molar-refractivity contribution in [2.45, 2.75) is 0 Å². The summed E-state index contributed by atoms with van der Waals surface area (Å²) in [4.78, 5) is 29.9. The Morgan fingerprint density at radius 3 is 2.39 bits per heavy atom. The fraction of sp³-hybridized carbons (Fsp3) is 0. The highest BCUT2D eigenvalue weighted by atomic mass is 32.1. The van der Waals surface area contributed by atoms with E-state index in [1.165, 1.54) is 18.2 Å². The molecule has 0 aliphatic rings. The third-order valence-corrected chi connectivity index (χ3v) is 3.81. The van der Waals surface area contributed by atoms with Gasteiger partial charge in [0.15, 0.2) is 5.13 Å². The van der Waals surface area contributed by atoms with Crippen molar-refractivity contribution in [1.29, 1.82) is 0 Å². The zero-order chi connectivity index (χ0) is 16.6. The molecule has 116 valence electrons. The number of carbonyl (C=O) groups excluding carboxylic acids is 1. The number of hydrogen-bond acceptors (Lipinski definition) is 5. The van der Waals surface area contributed by atoms with Crippen LogP contribution >= 0.6 is 11.3 Å². The van der Waals surface area contributed by atoms with Crippen LogP contribution in [0.2, 0.25) is 0 Å². The number of nitrogens with zero attached hydrogens (tertiary/aromatic N) is 2. The monoisotopic (exact) mass is 335 g/mol. The van der Waals surface area contributed by atoms with Gasteiger partial charge >= 0.3 is 5.97 Å². The van der Waals surface area contributed by atoms with Gasteiger partial charge in [0.1, 0.15) is 0 Å². The van der Waals surface area contributed by atoms with Gasteiger partial charge in [-0.15, -0.1) is 0 Å². The summed E-state index contributed by atoms with van der Waals surface area (Å²) in [6.45, 7) is 0. The number of amides is 1. The zero-order valence-corrected chi connectivity index (χ0v) is 12.0. The number of pyridine rings is 1. The number of fused-ring (bicyclic) bond motifs is 1. The van der Waals surface area contributed by atoms with Crippen molar-refractivity contribution >= 4 is 38.6 Å². The molecule has 0 saturated carbocycles. The SMILES string of the molecule is O=C(O)c1ccc2nc(NC(=O)c3cc(F)nc(F)c3)sc2c1. The summed E-state index contributed by atoms with van der Waals surface area (Å²) in [5.74, 6) is -4.03. The molecule has 0 aliphatic heterocycles. The second kappa shape index (κ2) is 5.69. The Labute approximate surface area is 131 Å². The maximum Gasteiger partial charge on any atom is 0.335 e. The lowest BCUT2D eigenvalue weighted by Crippen LogP contribution is -2.12. The summed E-state index contributed by atoms with van der Waals surface area (Å²) in [5, 5.41) is 11.5. The molecule has 0 saturated heterocycles. The number of rotatable bonds is 3. The molecule has 2 heterocycles. The van der Waals surface area contributed by atoms with Crippen LogP contribution in [-0.4, -0.2) is 27.0 Å². The van der Waals surface area contributed by atoms with Crippen molar-refractivity contribution in [2.24, 2.45) is 0 Å². The Balaban J connectivity index is 1.88. The zero-order valence-electron chi connectivity index (χ0n) is 11.2. The Morgan fingerprint density at radius 1 is 1.04 bits per heavy atom. The summed E-state index contributed by atoms with van der Waals surface area (Å²) in [7, 11) is 0. The summed E-state index contributed by atoms with van der Waals surface area (Å²) < 4.78 is 26.6. The minimum Gasteiger partial charge on any atom is -0.478 e. The van der Waals surface area contributed by atoms with E-state index >= 15 is 0 Å². The van der Waals surface area contributed by atoms with Crippen LogP contribution in [0.25, 0.3) is 10.2 Å². The average molecular weight is 335 g/mol. The highest BCUT2D eigenvalue weighted by molar-refractivity contribution is 7.22. The van der Waals surface area contributed by atoms with Crippen LogP contribution in [0.1, 0.15) is 20.7 Å². The van der Waals surface area contributed by atoms with Crippen LogP contribution in [-0.2, 0) is 0 Å². The van der Waals surface area contributed by atoms with Crippen molar-refractivity contribution in [3.63, 3.8) is 0 Å². The summed E-state index contributed by atoms with van der Waals surface area (Å²) >= 11 is 1.05. The molecule has 23 heavy (non-hydrogen) atoms. The largest absolute Gasteiger partial charge is 0.478 e. The number of nitrogens with one attached hydrogen (secondary N) is 1. The maximum absolute atomic E-state index is 13.0. The van der Waals surface area contributed by atoms with Gasteiger partial charge in [-0.3, -0.25) is 10.1 Å². The number of halogens is 2. The quantitative estimate of drug-likeness (QED) is 0.718. The van der Waals surface area contributed by atoms with Gasteiger partial charge in [-0.05, 0) is 18.2 Å². The standard InChI is InChI=1S/C14H7F2N3O3S/c15-10-4-7(5-11(16)18-10)12(20)19-14-17-8-2-1-6(13(21)22)3-9(8)23-14/h1-5H,(H,21,22)(H,17,19,20). The first-order chi connectivity index (χ1) is 10.9. The first kappa shape index (κ1) is 15.0. The first-order valence-electron chi connectivity index (χ1n) is 6.21. The second-order valence-corrected chi connectivity index (χ2v) is 5.49. The third-order valence-electron chi connectivity index (χ3n) is 2.88. The van der Waals surface area contributed by atoms with Gasteiger partial charge in [-0.2, -0.15) is 13.8 Å². The summed E-state index contributed by atoms with van der Waals surface area (Å²) in [6.07, 6.45) is 0. The summed E-state index contributed by atoms with van der Waals surface area (Å²) in [6, 6.07) is 5.93. The van der Waals surface area contributed by atoms with Crippen molar-refractivity contribution in [1.82, 2.24) is 9.97 Å². The minimum absolute atomic E-state index is 0.0947. The highest BCUT2D eigenvalue weighted by Gasteiger charge is 2.14. The van der Waals surface area contributed by atoms with Crippen molar-refractivity contribution in [3.8, 4) is 0 Å². The molecule has 1 aromatic carbocycles. The third kappa shape index (κ3) is 3.14. The number of anilines is 1. The molecule has 0 fully saturated rings. The molecule has 0 bridgehead atoms. The number of thiazole rings is 1. The van der Waals surface area contributed by atoms with E-state index in [4.69, 9.17) is 5.11 Å². The predicted molar refractivity (Wildman–Crippen MR) is 78.7 cm³/mol. The molecule has 2 N–H and O–H groups in total. The second-order valence-electron chi connectivity index (χ2n) is 4.46. The molecule has 2 aromatic heterocycles. The first-order valence-corrected chi connectivity index (χ1v) is 7.02. The van der Waals surface area contributed by atoms with Gasteiger partial charge in [0.25, 0.3) is 5.91 Å². The van der Waals surface area contributed by atoms with E-state index in [-0.39, 0.29) is 16.3 Å². The normalized spacial score (nSPS) is 10.7. The maximum atomic E-state index is 13.0. The van der Waals surface area contributed by atoms with Gasteiger partial charge in [0.2, 0.25) is 11.9 Å². The van der Waals surface area contributed by atoms with Crippen LogP contribution in [0.15, 0.2) is 30.3 Å². The lowest BCUT2D eigenvalue weighted by atomic mass is 10.2. The number of carbonyl (C=O) groups is 2. The molecule has 9 heteroatoms. The molecule has 1 amide bonds. The van der Waals surface area contributed by atoms with E-state index in [2.05, 4.69) is 15.3 Å². The predicted octanol–water partition coefficient (Wildman–Crippen LogP) is 2.92. The van der Waals surface area contributed by atoms with Crippen LogP contribution in [0.5, 0.6) is 0 Å². The van der Waals surface area contributed by atoms with Crippen molar-refractivity contribution < 1.29 is 23.5 Å². The lowest BCUT2D eigenvalue weighted by molar-refractivity contribution is 0.0697. The van der Waals surface area contributed by atoms with E-state index in [0.29, 0.717) is 10.2 Å². The van der Waals surface area contributed by atoms with Crippen LogP contribution in [0.3, 0.4) is 0 Å². The average Bonchev–Trinajstić information content (AvgIpc) is 2.87. The van der Waals surface area contributed by atoms with Crippen molar-refractivity contribution in [3.05, 3.63) is 53.4 Å². The molecular weight excluding hydrogens is 328 g/mol. The number of benzene rings is 1. The highest BCUT2D eigenvalue weighted by Crippen LogP contribution is 2.27. The molecule has 0 aliphatic carbocycles. The topological polar surface area (TPSA) is 92.2 Å². The number of aromatic carboxylic acids is 1.